The molecule has 0 aliphatic carbocycles. The van der Waals surface area contributed by atoms with E-state index in [1.165, 1.54) is 24.3 Å². The number of hydrogen-bond donors (Lipinski definition) is 4. The van der Waals surface area contributed by atoms with E-state index in [2.05, 4.69) is 20.4 Å². The molecule has 14 nitrogen and oxygen atoms in total. The highest BCUT2D eigenvalue weighted by Gasteiger charge is 2.54. The number of nitrogens with zero attached hydrogens (tertiary/aromatic N) is 4. The number of carboxylic acids is 2. The Hall–Kier alpha value is -3.35. The molecule has 4 rings (SSSR count). The number of thiazole rings is 2. The number of carboxylic acid groups (broad SMARTS) is 2. The quantitative estimate of drug-likeness (QED) is 0.161. The van der Waals surface area contributed by atoms with Crippen molar-refractivity contribution >= 4 is 79.8 Å². The summed E-state index contributed by atoms with van der Waals surface area (Å²) in [6.07, 6.45) is -0.261. The number of amides is 2. The molecule has 0 bridgehead atoms. The Kier molecular flexibility index (Phi) is 8.14. The Balaban J connectivity index is 1.51. The Bertz CT molecular complexity index is 1420. The van der Waals surface area contributed by atoms with Gasteiger partial charge in [-0.05, 0) is 12.5 Å². The van der Waals surface area contributed by atoms with Gasteiger partial charge in [0.2, 0.25) is 0 Å². The molecular weight excluding hydrogens is 581 g/mol. The fourth-order valence-electron chi connectivity index (χ4n) is 3.72. The number of oxime groups is 1. The van der Waals surface area contributed by atoms with Crippen molar-refractivity contribution in [3.8, 4) is 0 Å². The van der Waals surface area contributed by atoms with Crippen LogP contribution in [0.15, 0.2) is 26.1 Å². The van der Waals surface area contributed by atoms with E-state index in [4.69, 9.17) is 15.7 Å². The lowest BCUT2D eigenvalue weighted by Gasteiger charge is -2.49. The lowest BCUT2D eigenvalue weighted by atomic mass is 10.0. The van der Waals surface area contributed by atoms with E-state index in [9.17, 15) is 28.5 Å². The maximum Gasteiger partial charge on any atom is 0.352 e. The van der Waals surface area contributed by atoms with Gasteiger partial charge < -0.3 is 26.1 Å². The number of nitrogen functional groups attached to an aromatic ring is 1. The average molecular weight is 601 g/mol. The summed E-state index contributed by atoms with van der Waals surface area (Å²) in [6, 6.07) is -1.04. The number of thioether (sulfide) groups is 1. The number of aryl methyl sites for hydroxylation is 1. The van der Waals surface area contributed by atoms with Gasteiger partial charge >= 0.3 is 11.9 Å². The predicted molar refractivity (Wildman–Crippen MR) is 139 cm³/mol. The van der Waals surface area contributed by atoms with Crippen molar-refractivity contribution in [2.24, 2.45) is 5.16 Å². The molecule has 38 heavy (non-hydrogen) atoms. The van der Waals surface area contributed by atoms with Gasteiger partial charge in [0.1, 0.15) is 29.9 Å². The van der Waals surface area contributed by atoms with Crippen LogP contribution in [-0.2, 0) is 41.2 Å². The molecule has 1 saturated heterocycles. The van der Waals surface area contributed by atoms with Crippen LogP contribution in [0.5, 0.6) is 0 Å². The molecule has 2 aromatic rings. The van der Waals surface area contributed by atoms with Gasteiger partial charge in [0, 0.05) is 16.0 Å². The molecule has 3 atom stereocenters. The van der Waals surface area contributed by atoms with E-state index in [-0.39, 0.29) is 50.1 Å². The third kappa shape index (κ3) is 5.42. The van der Waals surface area contributed by atoms with Crippen molar-refractivity contribution in [1.29, 1.82) is 0 Å². The van der Waals surface area contributed by atoms with Gasteiger partial charge in [0.25, 0.3) is 11.8 Å². The normalized spacial score (nSPS) is 20.0. The molecule has 2 aliphatic rings. The third-order valence-electron chi connectivity index (χ3n) is 5.38. The van der Waals surface area contributed by atoms with Gasteiger partial charge in [-0.3, -0.25) is 23.5 Å². The lowest BCUT2D eigenvalue weighted by molar-refractivity contribution is -0.150. The first-order valence-corrected chi connectivity index (χ1v) is 14.7. The van der Waals surface area contributed by atoms with Crippen LogP contribution < -0.4 is 11.1 Å². The maximum absolute atomic E-state index is 13.0. The summed E-state index contributed by atoms with van der Waals surface area (Å²) < 4.78 is 13.2. The van der Waals surface area contributed by atoms with Gasteiger partial charge in [-0.15, -0.1) is 34.4 Å². The summed E-state index contributed by atoms with van der Waals surface area (Å²) in [5, 5.41) is 26.1. The van der Waals surface area contributed by atoms with Crippen molar-refractivity contribution in [3.63, 3.8) is 0 Å². The second kappa shape index (κ2) is 11.2. The predicted octanol–water partition coefficient (Wildman–Crippen LogP) is 0.0142. The summed E-state index contributed by atoms with van der Waals surface area (Å²) in [7, 11) is -0.513. The number of nitrogens with two attached hydrogens (primary N) is 1. The molecule has 5 N–H and O–H groups in total. The molecule has 0 saturated carbocycles. The number of rotatable bonds is 10. The molecule has 4 heterocycles. The van der Waals surface area contributed by atoms with Crippen LogP contribution in [0, 0.1) is 6.92 Å². The van der Waals surface area contributed by atoms with E-state index in [0.29, 0.717) is 10.6 Å². The third-order valence-corrected chi connectivity index (χ3v) is 10.2. The molecule has 0 radical (unpaired) electrons. The van der Waals surface area contributed by atoms with E-state index in [1.54, 1.807) is 6.92 Å². The molecule has 202 valence electrons. The summed E-state index contributed by atoms with van der Waals surface area (Å²) in [4.78, 5) is 63.4. The molecule has 1 unspecified atom stereocenters. The fraction of sp³-hybridized carbons (Fsp3) is 0.350. The number of hydrogen-bond acceptors (Lipinski definition) is 13. The van der Waals surface area contributed by atoms with Crippen LogP contribution in [0.4, 0.5) is 5.13 Å². The van der Waals surface area contributed by atoms with Gasteiger partial charge in [0.15, 0.2) is 15.2 Å². The number of carbonyl (C=O) groups excluding carboxylic acids is 2. The largest absolute Gasteiger partial charge is 0.481 e. The summed E-state index contributed by atoms with van der Waals surface area (Å²) >= 11 is 3.29. The summed E-state index contributed by atoms with van der Waals surface area (Å²) in [6.45, 7) is 1.61. The monoisotopic (exact) mass is 600 g/mol. The van der Waals surface area contributed by atoms with E-state index < -0.39 is 46.0 Å². The van der Waals surface area contributed by atoms with Crippen LogP contribution >= 0.6 is 34.4 Å². The van der Waals surface area contributed by atoms with Gasteiger partial charge in [-0.1, -0.05) is 5.16 Å². The fourth-order valence-corrected chi connectivity index (χ4v) is 8.29. The molecule has 1 fully saturated rings. The summed E-state index contributed by atoms with van der Waals surface area (Å²) in [5.41, 5.74) is 6.00. The van der Waals surface area contributed by atoms with Gasteiger partial charge in [-0.2, -0.15) is 0 Å². The molecule has 18 heteroatoms. The number of anilines is 1. The Morgan fingerprint density at radius 1 is 1.34 bits per heavy atom. The number of nitrogens with one attached hydrogen (secondary N) is 1. The molecule has 2 amide bonds. The highest BCUT2D eigenvalue weighted by atomic mass is 32.2. The first-order chi connectivity index (χ1) is 18.0. The Labute approximate surface area is 229 Å². The van der Waals surface area contributed by atoms with Gasteiger partial charge in [0.05, 0.1) is 28.7 Å². The second-order valence-electron chi connectivity index (χ2n) is 7.86. The Morgan fingerprint density at radius 2 is 2.08 bits per heavy atom. The van der Waals surface area contributed by atoms with Crippen LogP contribution in [-0.4, -0.2) is 88.8 Å². The second-order valence-corrected chi connectivity index (χ2v) is 12.6. The molecule has 0 aromatic carbocycles. The van der Waals surface area contributed by atoms with Crippen molar-refractivity contribution in [3.05, 3.63) is 32.9 Å². The van der Waals surface area contributed by atoms with Crippen molar-refractivity contribution in [1.82, 2.24) is 20.2 Å². The van der Waals surface area contributed by atoms with Crippen LogP contribution in [0.3, 0.4) is 0 Å². The number of carbonyl (C=O) groups is 4. The zero-order chi connectivity index (χ0) is 27.7. The maximum atomic E-state index is 13.0. The SMILES string of the molecule is CO/N=C(\C(=O)N[C@@H]1C(=O)N2C(C(=O)O)=C(CS(=O)c3nc(C)c(CC(=O)O)s3)CS[C@H]12)c1csc(N)n1. The van der Waals surface area contributed by atoms with E-state index >= 15 is 0 Å². The van der Waals surface area contributed by atoms with Crippen molar-refractivity contribution in [2.45, 2.75) is 29.1 Å². The first kappa shape index (κ1) is 27.7. The molecule has 2 aliphatic heterocycles. The van der Waals surface area contributed by atoms with Crippen LogP contribution in [0.2, 0.25) is 0 Å². The van der Waals surface area contributed by atoms with E-state index in [1.807, 2.05) is 0 Å². The van der Waals surface area contributed by atoms with Crippen LogP contribution in [0.25, 0.3) is 0 Å². The van der Waals surface area contributed by atoms with Crippen molar-refractivity contribution in [2.75, 3.05) is 24.3 Å². The zero-order valence-corrected chi connectivity index (χ0v) is 23.0. The first-order valence-electron chi connectivity index (χ1n) is 10.6. The topological polar surface area (TPSA) is 214 Å². The highest BCUT2D eigenvalue weighted by molar-refractivity contribution is 8.00. The minimum absolute atomic E-state index is 0.141. The zero-order valence-electron chi connectivity index (χ0n) is 19.7. The minimum Gasteiger partial charge on any atom is -0.481 e. The molecule has 2 aromatic heterocycles. The number of aromatic nitrogens is 2. The number of β-lactam (4-membered cyclic amide) rings is 1. The average Bonchev–Trinajstić information content (AvgIpc) is 3.45. The van der Waals surface area contributed by atoms with Gasteiger partial charge in [-0.25, -0.2) is 14.8 Å². The smallest absolute Gasteiger partial charge is 0.352 e. The summed E-state index contributed by atoms with van der Waals surface area (Å²) in [5.74, 6) is -3.88. The van der Waals surface area contributed by atoms with E-state index in [0.717, 1.165) is 27.6 Å². The number of fused-ring (bicyclic) bond motifs is 1. The number of aliphatic carboxylic acids is 2. The highest BCUT2D eigenvalue weighted by Crippen LogP contribution is 2.41. The molecular formula is C20H20N6O8S4. The Morgan fingerprint density at radius 3 is 2.68 bits per heavy atom. The lowest BCUT2D eigenvalue weighted by Crippen LogP contribution is -2.71. The van der Waals surface area contributed by atoms with Crippen LogP contribution in [0.1, 0.15) is 16.3 Å². The molecule has 0 spiro atoms. The standard InChI is InChI=1S/C20H20N6O8S4/c1-7-10(3-11(27)28)37-20(22-7)38(33)6-8-4-35-17-13(16(30)26(17)14(8)18(31)32)24-15(29)12(25-34-2)9-5-36-19(21)23-9/h5,13,17H,3-4,6H2,1-2H3,(H2,21,23)(H,24,29)(H,27,28)(H,31,32)/b25-12-/t13-,17-,38?/m1/s1. The minimum atomic E-state index is -1.76. The van der Waals surface area contributed by atoms with Crippen molar-refractivity contribution < 1.29 is 38.4 Å².